The average Bonchev–Trinajstić information content (AvgIpc) is 2.75. The molecule has 1 saturated heterocycles. The largest absolute Gasteiger partial charge is 0.398 e. The Hall–Kier alpha value is -1.27. The summed E-state index contributed by atoms with van der Waals surface area (Å²) in [6.45, 7) is 1.75. The minimum absolute atomic E-state index is 0.105. The number of carbonyl (C=O) groups is 1. The van der Waals surface area contributed by atoms with Gasteiger partial charge in [-0.15, -0.1) is 0 Å². The van der Waals surface area contributed by atoms with E-state index in [1.54, 1.807) is 23.1 Å². The lowest BCUT2D eigenvalue weighted by Gasteiger charge is -2.14. The zero-order chi connectivity index (χ0) is 13.1. The second kappa shape index (κ2) is 5.58. The normalized spacial score (nSPS) is 16.7. The third kappa shape index (κ3) is 2.94. The summed E-state index contributed by atoms with van der Waals surface area (Å²) in [6.07, 6.45) is 0. The minimum Gasteiger partial charge on any atom is -0.398 e. The molecule has 1 aromatic rings. The van der Waals surface area contributed by atoms with E-state index in [9.17, 15) is 9.00 Å². The molecule has 1 aromatic carbocycles. The second-order valence-electron chi connectivity index (χ2n) is 3.95. The average molecular weight is 288 g/mol. The van der Waals surface area contributed by atoms with Gasteiger partial charge in [-0.3, -0.25) is 4.21 Å². The highest BCUT2D eigenvalue weighted by molar-refractivity contribution is 7.85. The van der Waals surface area contributed by atoms with Crippen LogP contribution in [0.5, 0.6) is 0 Å². The van der Waals surface area contributed by atoms with Crippen LogP contribution in [0.25, 0.3) is 0 Å². The molecule has 2 rings (SSSR count). The number of hydrogen-bond donors (Lipinski definition) is 2. The molecule has 0 radical (unpaired) electrons. The maximum atomic E-state index is 12.1. The van der Waals surface area contributed by atoms with Crippen LogP contribution in [-0.4, -0.2) is 40.5 Å². The molecular weight excluding hydrogens is 274 g/mol. The fraction of sp³-hybridized carbons (Fsp3) is 0.364. The molecule has 1 atom stereocenters. The maximum absolute atomic E-state index is 12.1. The topological polar surface area (TPSA) is 75.4 Å². The number of urea groups is 1. The number of nitrogens with zero attached hydrogens (tertiary/aromatic N) is 1. The van der Waals surface area contributed by atoms with Crippen LogP contribution in [0.2, 0.25) is 5.02 Å². The molecular formula is C11H14ClN3O2S. The van der Waals surface area contributed by atoms with Crippen LogP contribution in [-0.2, 0) is 10.8 Å². The number of hydrogen-bond acceptors (Lipinski definition) is 3. The summed E-state index contributed by atoms with van der Waals surface area (Å²) in [4.78, 5) is 13.5. The highest BCUT2D eigenvalue weighted by Crippen LogP contribution is 2.21. The summed E-state index contributed by atoms with van der Waals surface area (Å²) < 4.78 is 12.1. The molecule has 1 unspecified atom stereocenters. The Morgan fingerprint density at radius 2 is 2.28 bits per heavy atom. The fourth-order valence-corrected chi connectivity index (χ4v) is 3.17. The summed E-state index contributed by atoms with van der Waals surface area (Å²) in [7, 11) is -1.25. The summed E-state index contributed by atoms with van der Waals surface area (Å²) in [6, 6.07) is 4.80. The van der Waals surface area contributed by atoms with Gasteiger partial charge in [-0.05, 0) is 18.2 Å². The Kier molecular flexibility index (Phi) is 4.08. The van der Waals surface area contributed by atoms with Crippen LogP contribution in [0.3, 0.4) is 0 Å². The molecule has 0 aliphatic carbocycles. The number of benzene rings is 1. The highest BCUT2D eigenvalue weighted by Gasteiger charge is 2.20. The molecule has 5 nitrogen and oxygen atoms in total. The fourth-order valence-electron chi connectivity index (χ4n) is 1.73. The van der Waals surface area contributed by atoms with Gasteiger partial charge < -0.3 is 16.0 Å². The van der Waals surface area contributed by atoms with E-state index in [-0.39, 0.29) is 6.03 Å². The van der Waals surface area contributed by atoms with Crippen LogP contribution >= 0.6 is 11.6 Å². The molecule has 98 valence electrons. The van der Waals surface area contributed by atoms with Crippen LogP contribution in [0.15, 0.2) is 23.1 Å². The first-order valence-corrected chi connectivity index (χ1v) is 7.24. The highest BCUT2D eigenvalue weighted by atomic mass is 35.5. The molecule has 0 bridgehead atoms. The van der Waals surface area contributed by atoms with E-state index in [4.69, 9.17) is 17.3 Å². The Bertz CT molecular complexity index is 495. The Morgan fingerprint density at radius 1 is 1.50 bits per heavy atom. The lowest BCUT2D eigenvalue weighted by molar-refractivity contribution is 0.220. The van der Waals surface area contributed by atoms with Crippen molar-refractivity contribution in [3.8, 4) is 0 Å². The SMILES string of the molecule is Nc1ccc(Cl)cc1S(=O)CCN1CCNC1=O. The quantitative estimate of drug-likeness (QED) is 0.813. The Morgan fingerprint density at radius 3 is 2.94 bits per heavy atom. The van der Waals surface area contributed by atoms with Gasteiger partial charge in [0.2, 0.25) is 0 Å². The van der Waals surface area contributed by atoms with E-state index >= 15 is 0 Å². The second-order valence-corrected chi connectivity index (χ2v) is 5.93. The van der Waals surface area contributed by atoms with E-state index in [0.717, 1.165) is 0 Å². The zero-order valence-electron chi connectivity index (χ0n) is 9.69. The van der Waals surface area contributed by atoms with Crippen LogP contribution < -0.4 is 11.1 Å². The van der Waals surface area contributed by atoms with Gasteiger partial charge in [0.15, 0.2) is 0 Å². The van der Waals surface area contributed by atoms with Crippen molar-refractivity contribution in [3.63, 3.8) is 0 Å². The van der Waals surface area contributed by atoms with E-state index in [1.165, 1.54) is 0 Å². The summed E-state index contributed by atoms with van der Waals surface area (Å²) in [5.74, 6) is 0.359. The number of nitrogens with two attached hydrogens (primary N) is 1. The third-order valence-corrected chi connectivity index (χ3v) is 4.35. The van der Waals surface area contributed by atoms with Crippen molar-refractivity contribution in [1.29, 1.82) is 0 Å². The number of halogens is 1. The number of rotatable bonds is 4. The van der Waals surface area contributed by atoms with Crippen LogP contribution in [0.4, 0.5) is 10.5 Å². The number of anilines is 1. The van der Waals surface area contributed by atoms with Gasteiger partial charge >= 0.3 is 6.03 Å². The van der Waals surface area contributed by atoms with Gasteiger partial charge in [0.25, 0.3) is 0 Å². The molecule has 2 amide bonds. The van der Waals surface area contributed by atoms with Gasteiger partial charge in [0.05, 0.1) is 15.7 Å². The van der Waals surface area contributed by atoms with Crippen molar-refractivity contribution < 1.29 is 9.00 Å². The number of carbonyl (C=O) groups excluding carboxylic acids is 1. The molecule has 1 aliphatic rings. The van der Waals surface area contributed by atoms with Gasteiger partial charge in [0, 0.05) is 36.1 Å². The van der Waals surface area contributed by atoms with E-state index in [0.29, 0.717) is 41.0 Å². The minimum atomic E-state index is -1.25. The van der Waals surface area contributed by atoms with Crippen molar-refractivity contribution >= 4 is 34.1 Å². The van der Waals surface area contributed by atoms with Crippen molar-refractivity contribution in [3.05, 3.63) is 23.2 Å². The van der Waals surface area contributed by atoms with Crippen molar-refractivity contribution in [2.75, 3.05) is 31.1 Å². The molecule has 3 N–H and O–H groups in total. The number of nitrogens with one attached hydrogen (secondary N) is 1. The van der Waals surface area contributed by atoms with Crippen LogP contribution in [0, 0.1) is 0 Å². The first kappa shape index (κ1) is 13.2. The molecule has 0 saturated carbocycles. The maximum Gasteiger partial charge on any atom is 0.317 e. The van der Waals surface area contributed by atoms with E-state index in [1.807, 2.05) is 0 Å². The van der Waals surface area contributed by atoms with E-state index < -0.39 is 10.8 Å². The Labute approximate surface area is 113 Å². The lowest BCUT2D eigenvalue weighted by Crippen LogP contribution is -2.31. The van der Waals surface area contributed by atoms with Gasteiger partial charge in [-0.1, -0.05) is 11.6 Å². The molecule has 1 aliphatic heterocycles. The third-order valence-electron chi connectivity index (χ3n) is 2.71. The van der Waals surface area contributed by atoms with Crippen molar-refractivity contribution in [1.82, 2.24) is 10.2 Å². The first-order valence-electron chi connectivity index (χ1n) is 5.54. The standard InChI is InChI=1S/C11H14ClN3O2S/c12-8-1-2-9(13)10(7-8)18(17)6-5-15-4-3-14-11(15)16/h1-2,7H,3-6,13H2,(H,14,16). The number of nitrogen functional groups attached to an aromatic ring is 1. The van der Waals surface area contributed by atoms with E-state index in [2.05, 4.69) is 5.32 Å². The lowest BCUT2D eigenvalue weighted by atomic mass is 10.3. The summed E-state index contributed by atoms with van der Waals surface area (Å²) >= 11 is 5.85. The first-order chi connectivity index (χ1) is 8.58. The Balaban J connectivity index is 1.99. The van der Waals surface area contributed by atoms with Crippen molar-refractivity contribution in [2.24, 2.45) is 0 Å². The van der Waals surface area contributed by atoms with Gasteiger partial charge in [-0.2, -0.15) is 0 Å². The van der Waals surface area contributed by atoms with Crippen molar-refractivity contribution in [2.45, 2.75) is 4.90 Å². The summed E-state index contributed by atoms with van der Waals surface area (Å²) in [5.41, 5.74) is 6.22. The molecule has 1 heterocycles. The molecule has 7 heteroatoms. The number of amides is 2. The van der Waals surface area contributed by atoms with Gasteiger partial charge in [-0.25, -0.2) is 4.79 Å². The summed E-state index contributed by atoms with van der Waals surface area (Å²) in [5, 5.41) is 3.20. The monoisotopic (exact) mass is 287 g/mol. The molecule has 1 fully saturated rings. The zero-order valence-corrected chi connectivity index (χ0v) is 11.3. The molecule has 0 spiro atoms. The predicted octanol–water partition coefficient (Wildman–Crippen LogP) is 1.06. The molecule has 18 heavy (non-hydrogen) atoms. The smallest absolute Gasteiger partial charge is 0.317 e. The predicted molar refractivity (Wildman–Crippen MR) is 72.1 cm³/mol. The van der Waals surface area contributed by atoms with Crippen LogP contribution in [0.1, 0.15) is 0 Å². The molecule has 0 aromatic heterocycles. The van der Waals surface area contributed by atoms with Gasteiger partial charge in [0.1, 0.15) is 0 Å².